The van der Waals surface area contributed by atoms with Crippen LogP contribution in [0.5, 0.6) is 5.75 Å². The van der Waals surface area contributed by atoms with E-state index in [-0.39, 0.29) is 0 Å². The third-order valence-electron chi connectivity index (χ3n) is 5.34. The van der Waals surface area contributed by atoms with Gasteiger partial charge in [0, 0.05) is 35.7 Å². The van der Waals surface area contributed by atoms with E-state index in [0.29, 0.717) is 12.6 Å². The van der Waals surface area contributed by atoms with Gasteiger partial charge >= 0.3 is 0 Å². The van der Waals surface area contributed by atoms with Crippen LogP contribution in [0.25, 0.3) is 22.3 Å². The van der Waals surface area contributed by atoms with E-state index in [1.165, 1.54) is 11.3 Å². The highest BCUT2D eigenvalue weighted by atomic mass is 16.5. The van der Waals surface area contributed by atoms with Gasteiger partial charge in [-0.3, -0.25) is 0 Å². The van der Waals surface area contributed by atoms with Crippen LogP contribution in [0.15, 0.2) is 60.7 Å². The Balaban J connectivity index is 1.52. The van der Waals surface area contributed by atoms with Crippen LogP contribution < -0.4 is 10.1 Å². The summed E-state index contributed by atoms with van der Waals surface area (Å²) in [5, 5.41) is 13.6. The number of ether oxygens (including phenoxy) is 1. The summed E-state index contributed by atoms with van der Waals surface area (Å²) in [6.07, 6.45) is 0.988. The molecule has 0 saturated heterocycles. The summed E-state index contributed by atoms with van der Waals surface area (Å²) < 4.78 is 6.12. The van der Waals surface area contributed by atoms with Gasteiger partial charge in [-0.1, -0.05) is 42.5 Å². The average Bonchev–Trinajstić information content (AvgIpc) is 3.12. The second-order valence-corrected chi connectivity index (χ2v) is 7.21. The van der Waals surface area contributed by atoms with Crippen molar-refractivity contribution in [2.75, 3.05) is 6.54 Å². The molecule has 1 atom stereocenters. The van der Waals surface area contributed by atoms with Gasteiger partial charge in [0.2, 0.25) is 0 Å². The van der Waals surface area contributed by atoms with Crippen molar-refractivity contribution in [1.82, 2.24) is 20.5 Å². The summed E-state index contributed by atoms with van der Waals surface area (Å²) in [6, 6.07) is 20.6. The smallest absolute Gasteiger partial charge is 0.160 e. The van der Waals surface area contributed by atoms with Crippen LogP contribution in [0.2, 0.25) is 0 Å². The van der Waals surface area contributed by atoms with E-state index in [1.807, 2.05) is 42.5 Å². The Hall–Kier alpha value is -3.18. The highest BCUT2D eigenvalue weighted by Gasteiger charge is 2.22. The number of aromatic nitrogens is 3. The zero-order chi connectivity index (χ0) is 18.9. The maximum atomic E-state index is 6.12. The second-order valence-electron chi connectivity index (χ2n) is 7.21. The van der Waals surface area contributed by atoms with Crippen molar-refractivity contribution < 1.29 is 4.74 Å². The molecule has 5 nitrogen and oxygen atoms in total. The van der Waals surface area contributed by atoms with Crippen molar-refractivity contribution >= 4 is 11.0 Å². The molecule has 3 heterocycles. The number of benzene rings is 2. The van der Waals surface area contributed by atoms with E-state index in [2.05, 4.69) is 45.6 Å². The molecule has 0 aliphatic carbocycles. The van der Waals surface area contributed by atoms with Gasteiger partial charge in [-0.15, -0.1) is 10.2 Å². The summed E-state index contributed by atoms with van der Waals surface area (Å²) in [5.41, 5.74) is 6.35. The lowest BCUT2D eigenvalue weighted by atomic mass is 9.99. The van der Waals surface area contributed by atoms with E-state index in [4.69, 9.17) is 4.74 Å². The lowest BCUT2D eigenvalue weighted by Gasteiger charge is -2.20. The predicted octanol–water partition coefficient (Wildman–Crippen LogP) is 4.41. The fourth-order valence-corrected chi connectivity index (χ4v) is 3.94. The monoisotopic (exact) mass is 370 g/mol. The SMILES string of the molecule is C[C@@H]1NCCc2[nH]c3nnc(-c4ccccc4OCc4ccccc4)cc3c21. The summed E-state index contributed by atoms with van der Waals surface area (Å²) in [5.74, 6) is 0.815. The zero-order valence-electron chi connectivity index (χ0n) is 15.8. The molecule has 1 aliphatic rings. The molecule has 0 saturated carbocycles. The molecule has 28 heavy (non-hydrogen) atoms. The Bertz CT molecular complexity index is 1120. The number of nitrogens with one attached hydrogen (secondary N) is 2. The first-order chi connectivity index (χ1) is 13.8. The van der Waals surface area contributed by atoms with Gasteiger partial charge in [-0.05, 0) is 36.2 Å². The third-order valence-corrected chi connectivity index (χ3v) is 5.34. The minimum atomic E-state index is 0.305. The molecule has 5 rings (SSSR count). The van der Waals surface area contributed by atoms with Crippen LogP contribution in [-0.2, 0) is 13.0 Å². The average molecular weight is 370 g/mol. The van der Waals surface area contributed by atoms with Gasteiger partial charge in [0.1, 0.15) is 12.4 Å². The van der Waals surface area contributed by atoms with Gasteiger partial charge in [-0.25, -0.2) is 0 Å². The molecule has 2 N–H and O–H groups in total. The normalized spacial score (nSPS) is 16.1. The number of aromatic amines is 1. The van der Waals surface area contributed by atoms with E-state index in [9.17, 15) is 0 Å². The van der Waals surface area contributed by atoms with E-state index >= 15 is 0 Å². The largest absolute Gasteiger partial charge is 0.488 e. The number of hydrogen-bond acceptors (Lipinski definition) is 4. The van der Waals surface area contributed by atoms with Crippen LogP contribution in [0.4, 0.5) is 0 Å². The molecule has 0 unspecified atom stereocenters. The summed E-state index contributed by atoms with van der Waals surface area (Å²) in [6.45, 7) is 3.70. The van der Waals surface area contributed by atoms with Crippen molar-refractivity contribution in [1.29, 1.82) is 0 Å². The van der Waals surface area contributed by atoms with Crippen LogP contribution >= 0.6 is 0 Å². The van der Waals surface area contributed by atoms with Crippen LogP contribution in [-0.4, -0.2) is 21.7 Å². The fraction of sp³-hybridized carbons (Fsp3) is 0.217. The predicted molar refractivity (Wildman–Crippen MR) is 110 cm³/mol. The topological polar surface area (TPSA) is 62.8 Å². The second kappa shape index (κ2) is 7.09. The molecule has 0 amide bonds. The van der Waals surface area contributed by atoms with Gasteiger partial charge in [0.05, 0.1) is 5.69 Å². The Labute approximate surface area is 163 Å². The summed E-state index contributed by atoms with van der Waals surface area (Å²) in [4.78, 5) is 3.44. The molecule has 140 valence electrons. The standard InChI is InChI=1S/C23H22N4O/c1-15-22-18-13-20(26-27-23(18)25-19(22)11-12-24-15)17-9-5-6-10-21(17)28-14-16-7-3-2-4-8-16/h2-10,13,15,24H,11-12,14H2,1H3,(H,25,27)/t15-/m0/s1. The van der Waals surface area contributed by atoms with Crippen LogP contribution in [0, 0.1) is 0 Å². The van der Waals surface area contributed by atoms with E-state index in [0.717, 1.165) is 46.6 Å². The van der Waals surface area contributed by atoms with Crippen molar-refractivity contribution in [3.05, 3.63) is 77.5 Å². The summed E-state index contributed by atoms with van der Waals surface area (Å²) >= 11 is 0. The highest BCUT2D eigenvalue weighted by Crippen LogP contribution is 2.34. The molecule has 0 bridgehead atoms. The van der Waals surface area contributed by atoms with Gasteiger partial charge in [-0.2, -0.15) is 0 Å². The maximum Gasteiger partial charge on any atom is 0.160 e. The number of hydrogen-bond donors (Lipinski definition) is 2. The molecule has 4 aromatic rings. The third kappa shape index (κ3) is 3.04. The quantitative estimate of drug-likeness (QED) is 0.558. The number of fused-ring (bicyclic) bond motifs is 3. The lowest BCUT2D eigenvalue weighted by Crippen LogP contribution is -2.27. The molecule has 1 aliphatic heterocycles. The maximum absolute atomic E-state index is 6.12. The van der Waals surface area contributed by atoms with E-state index < -0.39 is 0 Å². The molecule has 0 fully saturated rings. The molecule has 2 aromatic carbocycles. The molecular weight excluding hydrogens is 348 g/mol. The minimum Gasteiger partial charge on any atom is -0.488 e. The number of rotatable bonds is 4. The highest BCUT2D eigenvalue weighted by molar-refractivity contribution is 5.86. The Morgan fingerprint density at radius 1 is 1.04 bits per heavy atom. The Morgan fingerprint density at radius 3 is 2.75 bits per heavy atom. The van der Waals surface area contributed by atoms with Crippen molar-refractivity contribution in [3.8, 4) is 17.0 Å². The summed E-state index contributed by atoms with van der Waals surface area (Å²) in [7, 11) is 0. The number of H-pyrrole nitrogens is 1. The van der Waals surface area contributed by atoms with Gasteiger partial charge in [0.15, 0.2) is 5.65 Å². The zero-order valence-corrected chi connectivity index (χ0v) is 15.8. The van der Waals surface area contributed by atoms with Crippen LogP contribution in [0.1, 0.15) is 29.8 Å². The first-order valence-electron chi connectivity index (χ1n) is 9.67. The first-order valence-corrected chi connectivity index (χ1v) is 9.67. The van der Waals surface area contributed by atoms with Crippen molar-refractivity contribution in [2.24, 2.45) is 0 Å². The fourth-order valence-electron chi connectivity index (χ4n) is 3.94. The van der Waals surface area contributed by atoms with Gasteiger partial charge in [0.25, 0.3) is 0 Å². The Kier molecular flexibility index (Phi) is 4.29. The van der Waals surface area contributed by atoms with Crippen molar-refractivity contribution in [2.45, 2.75) is 26.0 Å². The number of para-hydroxylation sites is 1. The molecule has 2 aromatic heterocycles. The molecular formula is C23H22N4O. The number of nitrogens with zero attached hydrogens (tertiary/aromatic N) is 2. The minimum absolute atomic E-state index is 0.305. The Morgan fingerprint density at radius 2 is 1.86 bits per heavy atom. The van der Waals surface area contributed by atoms with Crippen molar-refractivity contribution in [3.63, 3.8) is 0 Å². The first kappa shape index (κ1) is 17.0. The molecule has 0 spiro atoms. The molecule has 0 radical (unpaired) electrons. The van der Waals surface area contributed by atoms with E-state index in [1.54, 1.807) is 0 Å². The van der Waals surface area contributed by atoms with Gasteiger partial charge < -0.3 is 15.0 Å². The van der Waals surface area contributed by atoms with Crippen LogP contribution in [0.3, 0.4) is 0 Å². The molecule has 5 heteroatoms. The lowest BCUT2D eigenvalue weighted by molar-refractivity contribution is 0.307.